The van der Waals surface area contributed by atoms with E-state index in [0.29, 0.717) is 16.3 Å². The number of ether oxygens (including phenoxy) is 2. The normalized spacial score (nSPS) is 12.0. The van der Waals surface area contributed by atoms with Crippen LogP contribution in [0, 0.1) is 0 Å². The Morgan fingerprint density at radius 3 is 2.81 bits per heavy atom. The molecule has 1 atom stereocenters. The highest BCUT2D eigenvalue weighted by molar-refractivity contribution is 6.31. The topological polar surface area (TPSA) is 61.5 Å². The van der Waals surface area contributed by atoms with Crippen molar-refractivity contribution >= 4 is 17.6 Å². The van der Waals surface area contributed by atoms with E-state index in [-0.39, 0.29) is 6.54 Å². The highest BCUT2D eigenvalue weighted by Crippen LogP contribution is 2.26. The Kier molecular flexibility index (Phi) is 4.58. The molecule has 0 fully saturated rings. The average molecular weight is 244 g/mol. The smallest absolute Gasteiger partial charge is 0.346 e. The van der Waals surface area contributed by atoms with Crippen molar-refractivity contribution in [2.75, 3.05) is 7.11 Å². The summed E-state index contributed by atoms with van der Waals surface area (Å²) in [5, 5.41) is 0.525. The van der Waals surface area contributed by atoms with Crippen molar-refractivity contribution in [1.82, 2.24) is 0 Å². The number of benzene rings is 1. The zero-order chi connectivity index (χ0) is 12.1. The Morgan fingerprint density at radius 2 is 2.25 bits per heavy atom. The SMILES string of the molecule is COC(=O)C(C)Oc1cccc(Cl)c1CN. The van der Waals surface area contributed by atoms with Crippen LogP contribution in [0.4, 0.5) is 0 Å². The lowest BCUT2D eigenvalue weighted by Gasteiger charge is -2.15. The van der Waals surface area contributed by atoms with Crippen LogP contribution in [0.1, 0.15) is 12.5 Å². The Bertz CT molecular complexity index is 381. The van der Waals surface area contributed by atoms with Gasteiger partial charge in [-0.25, -0.2) is 4.79 Å². The molecule has 1 aromatic rings. The summed E-state index contributed by atoms with van der Waals surface area (Å²) in [4.78, 5) is 11.2. The first-order valence-electron chi connectivity index (χ1n) is 4.82. The van der Waals surface area contributed by atoms with Crippen molar-refractivity contribution < 1.29 is 14.3 Å². The van der Waals surface area contributed by atoms with Crippen molar-refractivity contribution in [3.8, 4) is 5.75 Å². The highest BCUT2D eigenvalue weighted by Gasteiger charge is 2.17. The van der Waals surface area contributed by atoms with Crippen LogP contribution in [0.5, 0.6) is 5.75 Å². The largest absolute Gasteiger partial charge is 0.479 e. The van der Waals surface area contributed by atoms with E-state index in [1.807, 2.05) is 0 Å². The van der Waals surface area contributed by atoms with Crippen LogP contribution >= 0.6 is 11.6 Å². The number of esters is 1. The average Bonchev–Trinajstić information content (AvgIpc) is 2.28. The number of halogens is 1. The molecule has 0 heterocycles. The maximum absolute atomic E-state index is 11.2. The van der Waals surface area contributed by atoms with Crippen molar-refractivity contribution in [3.05, 3.63) is 28.8 Å². The standard InChI is InChI=1S/C11H14ClNO3/c1-7(11(14)15-2)16-10-5-3-4-9(12)8(10)6-13/h3-5,7H,6,13H2,1-2H3. The van der Waals surface area contributed by atoms with Gasteiger partial charge in [0.25, 0.3) is 0 Å². The summed E-state index contributed by atoms with van der Waals surface area (Å²) in [6.07, 6.45) is -0.686. The maximum Gasteiger partial charge on any atom is 0.346 e. The van der Waals surface area contributed by atoms with E-state index in [4.69, 9.17) is 22.1 Å². The molecule has 0 amide bonds. The van der Waals surface area contributed by atoms with E-state index in [1.54, 1.807) is 25.1 Å². The Balaban J connectivity index is 2.88. The van der Waals surface area contributed by atoms with Gasteiger partial charge < -0.3 is 15.2 Å². The van der Waals surface area contributed by atoms with E-state index >= 15 is 0 Å². The molecule has 0 aliphatic carbocycles. The lowest BCUT2D eigenvalue weighted by Crippen LogP contribution is -2.25. The number of methoxy groups -OCH3 is 1. The van der Waals surface area contributed by atoms with Gasteiger partial charge in [-0.15, -0.1) is 0 Å². The van der Waals surface area contributed by atoms with Crippen LogP contribution in [0.3, 0.4) is 0 Å². The molecule has 0 bridgehead atoms. The second kappa shape index (κ2) is 5.72. The molecule has 0 aliphatic heterocycles. The van der Waals surface area contributed by atoms with Gasteiger partial charge >= 0.3 is 5.97 Å². The van der Waals surface area contributed by atoms with Crippen LogP contribution in [0.2, 0.25) is 5.02 Å². The molecular weight excluding hydrogens is 230 g/mol. The second-order valence-electron chi connectivity index (χ2n) is 3.20. The van der Waals surface area contributed by atoms with Gasteiger partial charge in [-0.1, -0.05) is 17.7 Å². The summed E-state index contributed by atoms with van der Waals surface area (Å²) in [6, 6.07) is 5.17. The summed E-state index contributed by atoms with van der Waals surface area (Å²) >= 11 is 5.95. The van der Waals surface area contributed by atoms with Crippen LogP contribution in [0.25, 0.3) is 0 Å². The van der Waals surface area contributed by atoms with E-state index in [2.05, 4.69) is 4.74 Å². The van der Waals surface area contributed by atoms with Gasteiger partial charge in [0, 0.05) is 17.1 Å². The molecule has 0 radical (unpaired) electrons. The number of rotatable bonds is 4. The molecule has 1 rings (SSSR count). The zero-order valence-electron chi connectivity index (χ0n) is 9.20. The second-order valence-corrected chi connectivity index (χ2v) is 3.61. The summed E-state index contributed by atoms with van der Waals surface area (Å²) in [6.45, 7) is 1.86. The molecule has 0 aliphatic rings. The Morgan fingerprint density at radius 1 is 1.56 bits per heavy atom. The van der Waals surface area contributed by atoms with Gasteiger partial charge in [-0.05, 0) is 19.1 Å². The van der Waals surface area contributed by atoms with Gasteiger partial charge in [0.2, 0.25) is 0 Å². The Hall–Kier alpha value is -1.26. The molecule has 5 heteroatoms. The van der Waals surface area contributed by atoms with Crippen molar-refractivity contribution in [3.63, 3.8) is 0 Å². The van der Waals surface area contributed by atoms with Crippen LogP contribution < -0.4 is 10.5 Å². The Labute approximate surface area is 99.3 Å². The molecule has 1 unspecified atom stereocenters. The highest BCUT2D eigenvalue weighted by atomic mass is 35.5. The fourth-order valence-electron chi connectivity index (χ4n) is 1.25. The predicted octanol–water partition coefficient (Wildman–Crippen LogP) is 1.74. The minimum atomic E-state index is -0.686. The molecule has 0 saturated heterocycles. The molecule has 0 saturated carbocycles. The molecule has 0 spiro atoms. The zero-order valence-corrected chi connectivity index (χ0v) is 9.95. The van der Waals surface area contributed by atoms with Crippen molar-refractivity contribution in [2.45, 2.75) is 19.6 Å². The van der Waals surface area contributed by atoms with Gasteiger partial charge in [0.1, 0.15) is 5.75 Å². The minimum Gasteiger partial charge on any atom is -0.479 e. The minimum absolute atomic E-state index is 0.253. The first kappa shape index (κ1) is 12.8. The third-order valence-electron chi connectivity index (χ3n) is 2.12. The van der Waals surface area contributed by atoms with E-state index < -0.39 is 12.1 Å². The van der Waals surface area contributed by atoms with Crippen molar-refractivity contribution in [2.24, 2.45) is 5.73 Å². The number of nitrogens with two attached hydrogens (primary N) is 1. The summed E-state index contributed by atoms with van der Waals surface area (Å²) in [5.41, 5.74) is 6.24. The maximum atomic E-state index is 11.2. The summed E-state index contributed by atoms with van der Waals surface area (Å²) in [7, 11) is 1.31. The number of hydrogen-bond acceptors (Lipinski definition) is 4. The third-order valence-corrected chi connectivity index (χ3v) is 2.47. The molecule has 2 N–H and O–H groups in total. The fourth-order valence-corrected chi connectivity index (χ4v) is 1.49. The number of carbonyl (C=O) groups excluding carboxylic acids is 1. The monoisotopic (exact) mass is 243 g/mol. The van der Waals surface area contributed by atoms with Crippen LogP contribution in [-0.2, 0) is 16.1 Å². The van der Waals surface area contributed by atoms with E-state index in [0.717, 1.165) is 0 Å². The molecule has 4 nitrogen and oxygen atoms in total. The first-order chi connectivity index (χ1) is 7.60. The van der Waals surface area contributed by atoms with Crippen LogP contribution in [-0.4, -0.2) is 19.2 Å². The van der Waals surface area contributed by atoms with Gasteiger partial charge in [-0.2, -0.15) is 0 Å². The van der Waals surface area contributed by atoms with E-state index in [9.17, 15) is 4.79 Å². The fraction of sp³-hybridized carbons (Fsp3) is 0.364. The molecule has 16 heavy (non-hydrogen) atoms. The number of hydrogen-bond donors (Lipinski definition) is 1. The van der Waals surface area contributed by atoms with Crippen LogP contribution in [0.15, 0.2) is 18.2 Å². The molecular formula is C11H14ClNO3. The lowest BCUT2D eigenvalue weighted by molar-refractivity contribution is -0.147. The quantitative estimate of drug-likeness (QED) is 0.819. The van der Waals surface area contributed by atoms with Crippen molar-refractivity contribution in [1.29, 1.82) is 0 Å². The van der Waals surface area contributed by atoms with Gasteiger partial charge in [0.15, 0.2) is 6.10 Å². The predicted molar refractivity (Wildman–Crippen MR) is 61.4 cm³/mol. The molecule has 0 aromatic heterocycles. The first-order valence-corrected chi connectivity index (χ1v) is 5.20. The number of carbonyl (C=O) groups is 1. The van der Waals surface area contributed by atoms with E-state index in [1.165, 1.54) is 7.11 Å². The third kappa shape index (κ3) is 2.87. The van der Waals surface area contributed by atoms with Gasteiger partial charge in [0.05, 0.1) is 7.11 Å². The molecule has 1 aromatic carbocycles. The summed E-state index contributed by atoms with van der Waals surface area (Å²) < 4.78 is 9.99. The molecule has 88 valence electrons. The van der Waals surface area contributed by atoms with Gasteiger partial charge in [-0.3, -0.25) is 0 Å². The lowest BCUT2D eigenvalue weighted by atomic mass is 10.2. The summed E-state index contributed by atoms with van der Waals surface area (Å²) in [5.74, 6) is 0.0656.